The summed E-state index contributed by atoms with van der Waals surface area (Å²) >= 11 is 0. The van der Waals surface area contributed by atoms with Gasteiger partial charge >= 0.3 is 0 Å². The molecule has 0 bridgehead atoms. The van der Waals surface area contributed by atoms with Crippen LogP contribution in [0.1, 0.15) is 12.8 Å². The Morgan fingerprint density at radius 1 is 1.17 bits per heavy atom. The molecule has 2 aromatic rings. The number of nitro groups is 1. The smallest absolute Gasteiger partial charge is 0.269 e. The van der Waals surface area contributed by atoms with Crippen LogP contribution in [-0.4, -0.2) is 23.1 Å². The molecule has 0 radical (unpaired) electrons. The van der Waals surface area contributed by atoms with Crippen molar-refractivity contribution in [2.75, 3.05) is 13.2 Å². The van der Waals surface area contributed by atoms with Gasteiger partial charge < -0.3 is 10.5 Å². The Bertz CT molecular complexity index is 691. The lowest BCUT2D eigenvalue weighted by Crippen LogP contribution is -2.22. The number of nitrogens with zero attached hydrogens (tertiary/aromatic N) is 2. The van der Waals surface area contributed by atoms with E-state index >= 15 is 0 Å². The van der Waals surface area contributed by atoms with Gasteiger partial charge in [0.2, 0.25) is 0 Å². The largest absolute Gasteiger partial charge is 0.491 e. The Morgan fingerprint density at radius 2 is 1.83 bits per heavy atom. The molecule has 1 aromatic heterocycles. The molecule has 0 atom stereocenters. The zero-order chi connectivity index (χ0) is 15.6. The summed E-state index contributed by atoms with van der Waals surface area (Å²) in [6.45, 7) is 1.25. The number of rotatable bonds is 6. The second-order valence-corrected chi connectivity index (χ2v) is 5.71. The second-order valence-electron chi connectivity index (χ2n) is 5.71. The van der Waals surface area contributed by atoms with E-state index < -0.39 is 4.92 Å². The maximum absolute atomic E-state index is 10.7. The van der Waals surface area contributed by atoms with Crippen LogP contribution in [0.25, 0.3) is 11.1 Å². The van der Waals surface area contributed by atoms with E-state index in [9.17, 15) is 10.1 Å². The molecular formula is C16H19Cl2N3O3. The lowest BCUT2D eigenvalue weighted by Gasteiger charge is -2.14. The zero-order valence-corrected chi connectivity index (χ0v) is 14.5. The molecule has 0 saturated heterocycles. The van der Waals surface area contributed by atoms with Crippen LogP contribution in [0.4, 0.5) is 5.69 Å². The van der Waals surface area contributed by atoms with Crippen molar-refractivity contribution < 1.29 is 9.66 Å². The molecular weight excluding hydrogens is 353 g/mol. The Kier molecular flexibility index (Phi) is 6.95. The first-order valence-electron chi connectivity index (χ1n) is 7.15. The minimum absolute atomic E-state index is 0. The topological polar surface area (TPSA) is 91.3 Å². The molecule has 8 heteroatoms. The number of halogens is 2. The van der Waals surface area contributed by atoms with Crippen LogP contribution in [-0.2, 0) is 0 Å². The number of aromatic nitrogens is 1. The Hall–Kier alpha value is -1.89. The van der Waals surface area contributed by atoms with Gasteiger partial charge in [-0.25, -0.2) is 0 Å². The van der Waals surface area contributed by atoms with Crippen molar-refractivity contribution in [2.24, 2.45) is 11.1 Å². The number of hydrogen-bond acceptors (Lipinski definition) is 5. The van der Waals surface area contributed by atoms with Crippen molar-refractivity contribution in [1.82, 2.24) is 4.98 Å². The number of ether oxygens (including phenoxy) is 1. The molecule has 130 valence electrons. The molecule has 0 spiro atoms. The van der Waals surface area contributed by atoms with Crippen molar-refractivity contribution in [3.63, 3.8) is 0 Å². The van der Waals surface area contributed by atoms with Crippen LogP contribution < -0.4 is 10.5 Å². The fourth-order valence-corrected chi connectivity index (χ4v) is 2.25. The van der Waals surface area contributed by atoms with Gasteiger partial charge in [-0.15, -0.1) is 24.8 Å². The summed E-state index contributed by atoms with van der Waals surface area (Å²) in [7, 11) is 0. The number of nitrogens with two attached hydrogens (primary N) is 1. The van der Waals surface area contributed by atoms with E-state index in [1.54, 1.807) is 24.5 Å². The lowest BCUT2D eigenvalue weighted by molar-refractivity contribution is -0.384. The van der Waals surface area contributed by atoms with E-state index in [2.05, 4.69) is 4.98 Å². The fraction of sp³-hybridized carbons (Fsp3) is 0.312. The van der Waals surface area contributed by atoms with Gasteiger partial charge in [-0.1, -0.05) is 0 Å². The predicted octanol–water partition coefficient (Wildman–Crippen LogP) is 3.62. The summed E-state index contributed by atoms with van der Waals surface area (Å²) in [4.78, 5) is 14.4. The van der Waals surface area contributed by atoms with Gasteiger partial charge in [0.05, 0.1) is 17.7 Å². The summed E-state index contributed by atoms with van der Waals surface area (Å²) in [5.41, 5.74) is 7.69. The molecule has 1 saturated carbocycles. The van der Waals surface area contributed by atoms with Gasteiger partial charge in [0.15, 0.2) is 0 Å². The second kappa shape index (κ2) is 8.28. The van der Waals surface area contributed by atoms with E-state index in [0.717, 1.165) is 24.0 Å². The molecule has 1 fully saturated rings. The third-order valence-electron chi connectivity index (χ3n) is 4.06. The van der Waals surface area contributed by atoms with E-state index in [0.29, 0.717) is 18.9 Å². The van der Waals surface area contributed by atoms with Gasteiger partial charge in [-0.05, 0) is 36.6 Å². The molecule has 1 heterocycles. The Labute approximate surface area is 152 Å². The van der Waals surface area contributed by atoms with Gasteiger partial charge in [-0.3, -0.25) is 15.1 Å². The van der Waals surface area contributed by atoms with Crippen LogP contribution in [0.5, 0.6) is 5.75 Å². The average Bonchev–Trinajstić information content (AvgIpc) is 3.34. The van der Waals surface area contributed by atoms with Crippen molar-refractivity contribution >= 4 is 30.5 Å². The highest BCUT2D eigenvalue weighted by Gasteiger charge is 2.42. The molecule has 0 amide bonds. The molecule has 0 unspecified atom stereocenters. The van der Waals surface area contributed by atoms with Crippen LogP contribution in [0, 0.1) is 15.5 Å². The third kappa shape index (κ3) is 4.56. The first-order valence-corrected chi connectivity index (χ1v) is 7.15. The Morgan fingerprint density at radius 3 is 2.38 bits per heavy atom. The van der Waals surface area contributed by atoms with Crippen molar-refractivity contribution in [1.29, 1.82) is 0 Å². The van der Waals surface area contributed by atoms with Crippen molar-refractivity contribution in [2.45, 2.75) is 12.8 Å². The number of hydrogen-bond donors (Lipinski definition) is 1. The molecule has 6 nitrogen and oxygen atoms in total. The van der Waals surface area contributed by atoms with Crippen molar-refractivity contribution in [3.8, 4) is 16.9 Å². The van der Waals surface area contributed by atoms with Crippen LogP contribution in [0.3, 0.4) is 0 Å². The first kappa shape index (κ1) is 20.2. The van der Waals surface area contributed by atoms with Gasteiger partial charge in [0.1, 0.15) is 5.75 Å². The fourth-order valence-electron chi connectivity index (χ4n) is 2.25. The number of non-ortho nitro benzene ring substituents is 1. The molecule has 24 heavy (non-hydrogen) atoms. The maximum atomic E-state index is 10.7. The quantitative estimate of drug-likeness (QED) is 0.618. The van der Waals surface area contributed by atoms with Gasteiger partial charge in [-0.2, -0.15) is 0 Å². The number of pyridine rings is 1. The minimum Gasteiger partial charge on any atom is -0.491 e. The molecule has 1 aromatic carbocycles. The SMILES string of the molecule is Cl.Cl.NCC1(COc2cncc(-c3ccc([N+](=O)[O-])cc3)c2)CC1. The van der Waals surface area contributed by atoms with Crippen molar-refractivity contribution in [3.05, 3.63) is 52.8 Å². The normalized spacial score (nSPS) is 14.0. The highest BCUT2D eigenvalue weighted by atomic mass is 35.5. The maximum Gasteiger partial charge on any atom is 0.269 e. The van der Waals surface area contributed by atoms with E-state index in [1.165, 1.54) is 12.1 Å². The van der Waals surface area contributed by atoms with Crippen LogP contribution in [0.2, 0.25) is 0 Å². The summed E-state index contributed by atoms with van der Waals surface area (Å²) in [6, 6.07) is 8.27. The molecule has 1 aliphatic rings. The highest BCUT2D eigenvalue weighted by molar-refractivity contribution is 5.85. The first-order chi connectivity index (χ1) is 10.6. The molecule has 1 aliphatic carbocycles. The van der Waals surface area contributed by atoms with E-state index in [4.69, 9.17) is 10.5 Å². The number of benzene rings is 1. The highest BCUT2D eigenvalue weighted by Crippen LogP contribution is 2.44. The van der Waals surface area contributed by atoms with Gasteiger partial charge in [0, 0.05) is 35.9 Å². The summed E-state index contributed by atoms with van der Waals surface area (Å²) in [5, 5.41) is 10.7. The zero-order valence-electron chi connectivity index (χ0n) is 12.9. The molecule has 2 N–H and O–H groups in total. The predicted molar refractivity (Wildman–Crippen MR) is 97.0 cm³/mol. The molecule has 3 rings (SSSR count). The van der Waals surface area contributed by atoms with Crippen LogP contribution in [0.15, 0.2) is 42.7 Å². The van der Waals surface area contributed by atoms with Gasteiger partial charge in [0.25, 0.3) is 5.69 Å². The Balaban J connectivity index is 0.00000144. The third-order valence-corrected chi connectivity index (χ3v) is 4.06. The minimum atomic E-state index is -0.413. The summed E-state index contributed by atoms with van der Waals surface area (Å²) < 4.78 is 5.80. The van der Waals surface area contributed by atoms with E-state index in [1.807, 2.05) is 6.07 Å². The average molecular weight is 372 g/mol. The van der Waals surface area contributed by atoms with Crippen LogP contribution >= 0.6 is 24.8 Å². The standard InChI is InChI=1S/C16H17N3O3.2ClH/c17-10-16(5-6-16)11-22-15-7-13(8-18-9-15)12-1-3-14(4-2-12)19(20)21;;/h1-4,7-9H,5-6,10-11,17H2;2*1H. The monoisotopic (exact) mass is 371 g/mol. The lowest BCUT2D eigenvalue weighted by atomic mass is 10.1. The molecule has 0 aliphatic heterocycles. The number of nitro benzene ring substituents is 1. The summed E-state index contributed by atoms with van der Waals surface area (Å²) in [6.07, 6.45) is 5.60. The van der Waals surface area contributed by atoms with E-state index in [-0.39, 0.29) is 35.9 Å². The summed E-state index contributed by atoms with van der Waals surface area (Å²) in [5.74, 6) is 0.690.